The number of nitrogens with zero attached hydrogens (tertiary/aromatic N) is 10. The number of ether oxygens (including phenoxy) is 6. The van der Waals surface area contributed by atoms with Crippen LogP contribution in [0, 0.1) is 0 Å². The van der Waals surface area contributed by atoms with Gasteiger partial charge in [-0.1, -0.05) is 43.8 Å². The van der Waals surface area contributed by atoms with E-state index in [-0.39, 0.29) is 54.2 Å². The quantitative estimate of drug-likeness (QED) is 0.0180. The van der Waals surface area contributed by atoms with Crippen molar-refractivity contribution in [2.24, 2.45) is 0 Å². The molecule has 4 aromatic carbocycles. The highest BCUT2D eigenvalue weighted by Gasteiger charge is 2.21. The number of nitrogens with two attached hydrogens (primary N) is 1. The topological polar surface area (TPSA) is 242 Å². The predicted octanol–water partition coefficient (Wildman–Crippen LogP) is 10.6. The Hall–Kier alpha value is -8.17. The maximum absolute atomic E-state index is 13.4. The number of nitrogen functional groups attached to an aromatic ring is 1. The minimum Gasteiger partial charge on any atom is -0.495 e. The zero-order chi connectivity index (χ0) is 58.3. The molecule has 80 heavy (non-hydrogen) atoms. The van der Waals surface area contributed by atoms with Gasteiger partial charge in [-0.2, -0.15) is 37.5 Å². The molecule has 6 aromatic rings. The van der Waals surface area contributed by atoms with Gasteiger partial charge >= 0.3 is 25.2 Å². The molecule has 29 heteroatoms. The predicted molar refractivity (Wildman–Crippen MR) is 303 cm³/mol. The number of carbonyl (C=O) groups is 2. The summed E-state index contributed by atoms with van der Waals surface area (Å²) in [5, 5.41) is 8.67. The Labute approximate surface area is 475 Å². The lowest BCUT2D eigenvalue weighted by atomic mass is 10.2. The molecule has 22 nitrogen and oxygen atoms in total. The van der Waals surface area contributed by atoms with E-state index in [0.29, 0.717) is 75.4 Å². The summed E-state index contributed by atoms with van der Waals surface area (Å²) in [7, 11) is 14.2. The van der Waals surface area contributed by atoms with Crippen LogP contribution in [0.5, 0.6) is 46.5 Å². The first kappa shape index (κ1) is 66.1. The molecule has 0 aliphatic rings. The first-order valence-corrected chi connectivity index (χ1v) is 24.1. The lowest BCUT2D eigenvalue weighted by Gasteiger charge is -2.26. The van der Waals surface area contributed by atoms with Crippen molar-refractivity contribution in [3.05, 3.63) is 109 Å². The molecule has 0 saturated carbocycles. The van der Waals surface area contributed by atoms with Gasteiger partial charge in [0.2, 0.25) is 23.0 Å². The third-order valence-electron chi connectivity index (χ3n) is 10.1. The number of amides is 1. The van der Waals surface area contributed by atoms with Crippen LogP contribution < -0.4 is 59.9 Å². The van der Waals surface area contributed by atoms with Crippen LogP contribution in [0.25, 0.3) is 0 Å². The number of hydrogen-bond donors (Lipinski definition) is 4. The molecule has 2 heterocycles. The van der Waals surface area contributed by atoms with Gasteiger partial charge in [-0.05, 0) is 88.3 Å². The molecule has 6 rings (SSSR count). The highest BCUT2D eigenvalue weighted by Crippen LogP contribution is 2.40. The number of carbonyl (C=O) groups excluding carboxylic acids is 2. The van der Waals surface area contributed by atoms with Gasteiger partial charge in [0.1, 0.15) is 35.7 Å². The molecule has 0 saturated heterocycles. The Kier molecular flexibility index (Phi) is 27.0. The number of halogens is 7. The van der Waals surface area contributed by atoms with Crippen molar-refractivity contribution in [2.45, 2.75) is 20.6 Å². The molecular formula is C51H61Cl3F4N14O8. The zero-order valence-electron chi connectivity index (χ0n) is 43.9. The minimum atomic E-state index is -3.11. The number of hydrogen-bond acceptors (Lipinski definition) is 21. The van der Waals surface area contributed by atoms with Crippen LogP contribution in [0.2, 0.25) is 10.0 Å². The van der Waals surface area contributed by atoms with E-state index in [1.807, 2.05) is 49.9 Å². The number of nitrogens with one attached hydrogen (secondary N) is 3. The molecule has 1 amide bonds. The van der Waals surface area contributed by atoms with Crippen molar-refractivity contribution in [2.75, 3.05) is 114 Å². The lowest BCUT2D eigenvalue weighted by molar-refractivity contribution is -0.112. The third kappa shape index (κ3) is 21.6. The van der Waals surface area contributed by atoms with Crippen molar-refractivity contribution in [1.29, 1.82) is 0 Å². The SMILES string of the molecule is C.C=CC(=O)Cl.C=CC(=O)Nc1cc(Nc2ncnc(Oc3ccc(Cl)c(OC)c3)n2)c(OC(F)F)cc1N(C)CCN(C)C.COc1cc(Oc2ncnc(Nc3cc(N)c(N(C)CCN(C)C)cc3OC(F)F)n2)ccc1Cl. The van der Waals surface area contributed by atoms with E-state index in [9.17, 15) is 27.2 Å². The standard InChI is InChI=1S/C25H28ClF2N7O4.C22H26ClF2N7O3.C3H3ClO.CH4/c1-6-22(36)31-17-12-18(21(39-23(27)28)13-19(17)35(4)10-9-34(2)3)32-24-29-14-30-25(33-24)38-15-7-8-16(26)20(11-15)37-5;1-31(2)7-8-32(3)17-11-19(35-20(24)25)16(10-15(17)26)29-21-27-12-28-22(30-21)34-13-5-6-14(23)18(9-13)33-4;1-2-3(4)5;/h6-8,11-14,23H,1,9-10H2,2-5H3,(H,31,36)(H,29,30,32,33);5-6,9-12,20H,7-8,26H2,1-4H3,(H,27,28,29,30);2H,1H2;1H4. The van der Waals surface area contributed by atoms with Crippen molar-refractivity contribution in [1.82, 2.24) is 39.7 Å². The maximum atomic E-state index is 13.4. The van der Waals surface area contributed by atoms with Gasteiger partial charge in [0.05, 0.1) is 58.4 Å². The Morgan fingerprint density at radius 3 is 1.45 bits per heavy atom. The number of methoxy groups -OCH3 is 2. The highest BCUT2D eigenvalue weighted by molar-refractivity contribution is 6.66. The van der Waals surface area contributed by atoms with E-state index < -0.39 is 24.4 Å². The molecular weight excluding hydrogens is 1120 g/mol. The second-order valence-electron chi connectivity index (χ2n) is 16.4. The zero-order valence-corrected chi connectivity index (χ0v) is 46.2. The van der Waals surface area contributed by atoms with Crippen molar-refractivity contribution in [3.8, 4) is 46.5 Å². The van der Waals surface area contributed by atoms with E-state index >= 15 is 0 Å². The number of aromatic nitrogens is 6. The molecule has 0 spiro atoms. The number of benzene rings is 4. The number of likely N-dealkylation sites (N-methyl/N-ethyl adjacent to an activating group) is 4. The fourth-order valence-corrected chi connectivity index (χ4v) is 6.64. The van der Waals surface area contributed by atoms with Crippen molar-refractivity contribution < 1.29 is 55.6 Å². The van der Waals surface area contributed by atoms with Gasteiger partial charge in [0.15, 0.2) is 11.5 Å². The molecule has 0 unspecified atom stereocenters. The lowest BCUT2D eigenvalue weighted by Crippen LogP contribution is -2.29. The molecule has 432 valence electrons. The Morgan fingerprint density at radius 2 is 1.05 bits per heavy atom. The highest BCUT2D eigenvalue weighted by atomic mass is 35.5. The van der Waals surface area contributed by atoms with Gasteiger partial charge in [-0.25, -0.2) is 9.97 Å². The number of anilines is 8. The van der Waals surface area contributed by atoms with Crippen LogP contribution in [0.4, 0.5) is 63.6 Å². The first-order chi connectivity index (χ1) is 37.5. The molecule has 5 N–H and O–H groups in total. The van der Waals surface area contributed by atoms with Gasteiger partial charge in [-0.15, -0.1) is 0 Å². The van der Waals surface area contributed by atoms with Crippen molar-refractivity contribution in [3.63, 3.8) is 0 Å². The minimum absolute atomic E-state index is 0. The van der Waals surface area contributed by atoms with E-state index in [4.69, 9.17) is 69.0 Å². The molecule has 0 aliphatic carbocycles. The van der Waals surface area contributed by atoms with Crippen LogP contribution in [-0.4, -0.2) is 147 Å². The normalized spacial score (nSPS) is 10.5. The van der Waals surface area contributed by atoms with Crippen LogP contribution in [0.1, 0.15) is 7.43 Å². The fourth-order valence-electron chi connectivity index (χ4n) is 6.25. The van der Waals surface area contributed by atoms with Crippen LogP contribution in [0.15, 0.2) is 98.6 Å². The smallest absolute Gasteiger partial charge is 0.387 e. The largest absolute Gasteiger partial charge is 0.495 e. The summed E-state index contributed by atoms with van der Waals surface area (Å²) in [6, 6.07) is 15.1. The summed E-state index contributed by atoms with van der Waals surface area (Å²) in [6.07, 6.45) is 4.52. The molecule has 0 bridgehead atoms. The molecule has 2 aromatic heterocycles. The average Bonchev–Trinajstić information content (AvgIpc) is 3.41. The van der Waals surface area contributed by atoms with Crippen molar-refractivity contribution >= 4 is 92.0 Å². The van der Waals surface area contributed by atoms with E-state index in [2.05, 4.69) is 59.0 Å². The monoisotopic (exact) mass is 1180 g/mol. The number of alkyl halides is 4. The summed E-state index contributed by atoms with van der Waals surface area (Å²) < 4.78 is 84.2. The van der Waals surface area contributed by atoms with Crippen LogP contribution >= 0.6 is 34.8 Å². The van der Waals surface area contributed by atoms with E-state index in [0.717, 1.165) is 18.7 Å². The molecule has 0 aliphatic heterocycles. The average molecular weight is 1180 g/mol. The first-order valence-electron chi connectivity index (χ1n) is 23.0. The summed E-state index contributed by atoms with van der Waals surface area (Å²) in [5.74, 6) is 0.716. The summed E-state index contributed by atoms with van der Waals surface area (Å²) in [4.78, 5) is 53.6. The Balaban J connectivity index is 0.000000384. The molecule has 0 fully saturated rings. The van der Waals surface area contributed by atoms with Gasteiger partial charge in [0.25, 0.3) is 0 Å². The van der Waals surface area contributed by atoms with Gasteiger partial charge in [0, 0.05) is 64.5 Å². The van der Waals surface area contributed by atoms with E-state index in [1.165, 1.54) is 51.1 Å². The molecule has 0 atom stereocenters. The fraction of sp³-hybridized carbons (Fsp3) is 0.294. The second kappa shape index (κ2) is 32.7. The van der Waals surface area contributed by atoms with Gasteiger partial charge in [-0.3, -0.25) is 9.59 Å². The van der Waals surface area contributed by atoms with Crippen LogP contribution in [0.3, 0.4) is 0 Å². The second-order valence-corrected chi connectivity index (χ2v) is 17.6. The number of allylic oxidation sites excluding steroid dienone is 1. The maximum Gasteiger partial charge on any atom is 0.387 e. The molecule has 0 radical (unpaired) electrons. The third-order valence-corrected chi connectivity index (χ3v) is 10.9. The van der Waals surface area contributed by atoms with Crippen LogP contribution in [-0.2, 0) is 9.59 Å². The summed E-state index contributed by atoms with van der Waals surface area (Å²) in [5.41, 5.74) is 8.10. The Bertz CT molecular complexity index is 3010. The summed E-state index contributed by atoms with van der Waals surface area (Å²) >= 11 is 16.8. The number of rotatable bonds is 25. The summed E-state index contributed by atoms with van der Waals surface area (Å²) in [6.45, 7) is 2.97. The van der Waals surface area contributed by atoms with E-state index in [1.54, 1.807) is 48.3 Å². The Morgan fingerprint density at radius 1 is 0.625 bits per heavy atom. The van der Waals surface area contributed by atoms with Gasteiger partial charge < -0.3 is 69.7 Å².